The molecule has 0 atom stereocenters. The van der Waals surface area contributed by atoms with Crippen LogP contribution in [0.15, 0.2) is 0 Å². The molecule has 0 unspecified atom stereocenters. The van der Waals surface area contributed by atoms with Crippen molar-refractivity contribution in [1.29, 1.82) is 0 Å². The SMILES string of the molecule is [SiH3][Se][SiH2]I. The van der Waals surface area contributed by atoms with Crippen LogP contribution in [-0.4, -0.2) is 28.1 Å². The zero-order chi connectivity index (χ0) is 3.41. The molecule has 0 aliphatic heterocycles. The number of halogens is 1. The molecule has 0 fully saturated rings. The monoisotopic (exact) mass is 268 g/mol. The Labute approximate surface area is 49.6 Å². The van der Waals surface area contributed by atoms with Crippen LogP contribution in [0, 0.1) is 0 Å². The van der Waals surface area contributed by atoms with E-state index in [4.69, 9.17) is 0 Å². The molecule has 0 nitrogen and oxygen atoms in total. The van der Waals surface area contributed by atoms with Crippen molar-refractivity contribution in [2.75, 3.05) is 0 Å². The van der Waals surface area contributed by atoms with Gasteiger partial charge in [-0.15, -0.1) is 0 Å². The molecule has 0 aliphatic rings. The summed E-state index contributed by atoms with van der Waals surface area (Å²) >= 11 is 3.73. The van der Waals surface area contributed by atoms with E-state index in [2.05, 4.69) is 21.8 Å². The summed E-state index contributed by atoms with van der Waals surface area (Å²) in [6, 6.07) is 0. The maximum absolute atomic E-state index is 2.55. The third-order valence-corrected chi connectivity index (χ3v) is 34.2. The van der Waals surface area contributed by atoms with Gasteiger partial charge in [0.2, 0.25) is 0 Å². The minimum atomic E-state index is 0.519. The first-order valence-electron chi connectivity index (χ1n) is 0.964. The molecular weight excluding hydrogens is 262 g/mol. The van der Waals surface area contributed by atoms with Crippen molar-refractivity contribution in [1.82, 2.24) is 0 Å². The van der Waals surface area contributed by atoms with Gasteiger partial charge in [0, 0.05) is 0 Å². The Kier molecular flexibility index (Phi) is 6.65. The third kappa shape index (κ3) is 3.68. The van der Waals surface area contributed by atoms with Crippen molar-refractivity contribution in [3.8, 4) is 0 Å². The van der Waals surface area contributed by atoms with E-state index in [9.17, 15) is 0 Å². The van der Waals surface area contributed by atoms with Crippen molar-refractivity contribution in [2.24, 2.45) is 0 Å². The van der Waals surface area contributed by atoms with Crippen molar-refractivity contribution in [3.63, 3.8) is 0 Å². The van der Waals surface area contributed by atoms with Crippen molar-refractivity contribution >= 4 is 49.9 Å². The van der Waals surface area contributed by atoms with Gasteiger partial charge in [0.25, 0.3) is 0 Å². The van der Waals surface area contributed by atoms with Gasteiger partial charge in [-0.1, -0.05) is 0 Å². The van der Waals surface area contributed by atoms with Gasteiger partial charge in [-0.25, -0.2) is 0 Å². The normalized spacial score (nSPS) is 11.2. The van der Waals surface area contributed by atoms with Crippen LogP contribution >= 0.6 is 21.8 Å². The molecule has 4 heteroatoms. The molecular formula is H5ISeSi2. The van der Waals surface area contributed by atoms with E-state index in [1.165, 1.54) is 22.5 Å². The standard InChI is InChI=1S/H5ISeSi2/c1-4-2-3/h4H2,3H3. The Morgan fingerprint density at radius 3 is 2.25 bits per heavy atom. The van der Waals surface area contributed by atoms with Gasteiger partial charge in [0.1, 0.15) is 0 Å². The molecule has 0 heterocycles. The fourth-order valence-corrected chi connectivity index (χ4v) is 0. The average Bonchev–Trinajstić information content (AvgIpc) is 1.37. The second kappa shape index (κ2) is 4.68. The second-order valence-electron chi connectivity index (χ2n) is 0.398. The molecule has 0 rings (SSSR count). The van der Waals surface area contributed by atoms with Gasteiger partial charge in [-0.2, -0.15) is 0 Å². The van der Waals surface area contributed by atoms with E-state index in [-0.39, 0.29) is 0 Å². The second-order valence-corrected chi connectivity index (χ2v) is 24.9. The van der Waals surface area contributed by atoms with E-state index < -0.39 is 0 Å². The van der Waals surface area contributed by atoms with Crippen molar-refractivity contribution in [2.45, 2.75) is 0 Å². The molecule has 0 spiro atoms. The summed E-state index contributed by atoms with van der Waals surface area (Å²) in [7, 11) is 1.51. The number of hydrogen-bond donors (Lipinski definition) is 0. The Bertz CT molecular complexity index is 8.00. The van der Waals surface area contributed by atoms with E-state index in [1.807, 2.05) is 0 Å². The summed E-state index contributed by atoms with van der Waals surface area (Å²) in [4.78, 5) is 0. The molecule has 0 amide bonds. The Morgan fingerprint density at radius 1 is 2.00 bits per heavy atom. The molecule has 0 saturated heterocycles. The van der Waals surface area contributed by atoms with E-state index in [0.29, 0.717) is 5.62 Å². The van der Waals surface area contributed by atoms with Crippen LogP contribution in [0.2, 0.25) is 0 Å². The van der Waals surface area contributed by atoms with Crippen LogP contribution < -0.4 is 0 Å². The molecule has 0 bridgehead atoms. The first-order chi connectivity index (χ1) is 1.91. The first kappa shape index (κ1) is 5.68. The summed E-state index contributed by atoms with van der Waals surface area (Å²) in [5, 5.41) is 0. The minimum absolute atomic E-state index is 0.519. The first-order valence-corrected chi connectivity index (χ1v) is 16.2. The number of hydrogen-bond acceptors (Lipinski definition) is 0. The fourth-order valence-electron chi connectivity index (χ4n) is 0. The summed E-state index contributed by atoms with van der Waals surface area (Å²) in [6.45, 7) is 0. The van der Waals surface area contributed by atoms with E-state index in [0.717, 1.165) is 0 Å². The number of rotatable bonds is 1. The van der Waals surface area contributed by atoms with E-state index >= 15 is 0 Å². The van der Waals surface area contributed by atoms with Gasteiger partial charge < -0.3 is 0 Å². The van der Waals surface area contributed by atoms with Crippen LogP contribution in [0.5, 0.6) is 0 Å². The predicted octanol–water partition coefficient (Wildman–Crippen LogP) is -1.60. The van der Waals surface area contributed by atoms with E-state index in [1.54, 1.807) is 0 Å². The van der Waals surface area contributed by atoms with Crippen LogP contribution in [0.25, 0.3) is 0 Å². The molecule has 0 aromatic carbocycles. The molecule has 0 N–H and O–H groups in total. The molecule has 0 aliphatic carbocycles. The fraction of sp³-hybridized carbons (Fsp3) is 0. The van der Waals surface area contributed by atoms with Crippen LogP contribution in [0.4, 0.5) is 0 Å². The third-order valence-electron chi connectivity index (χ3n) is 0.109. The zero-order valence-corrected chi connectivity index (χ0v) is 9.78. The molecule has 0 aromatic rings. The molecule has 0 saturated carbocycles. The Morgan fingerprint density at radius 2 is 2.25 bits per heavy atom. The molecule has 0 aromatic heterocycles. The van der Waals surface area contributed by atoms with Crippen molar-refractivity contribution in [3.05, 3.63) is 0 Å². The quantitative estimate of drug-likeness (QED) is 0.305. The Balaban J connectivity index is 1.97. The van der Waals surface area contributed by atoms with Gasteiger partial charge in [-0.05, 0) is 0 Å². The van der Waals surface area contributed by atoms with Gasteiger partial charge in [0.15, 0.2) is 0 Å². The predicted molar refractivity (Wildman–Crippen MR) is 38.3 cm³/mol. The van der Waals surface area contributed by atoms with Crippen molar-refractivity contribution < 1.29 is 0 Å². The van der Waals surface area contributed by atoms with Gasteiger partial charge >= 0.3 is 49.9 Å². The van der Waals surface area contributed by atoms with Crippen LogP contribution in [-0.2, 0) is 0 Å². The van der Waals surface area contributed by atoms with Gasteiger partial charge in [-0.3, -0.25) is 0 Å². The molecule has 0 radical (unpaired) electrons. The summed E-state index contributed by atoms with van der Waals surface area (Å²) in [5.74, 6) is 0. The molecule has 26 valence electrons. The Hall–Kier alpha value is 1.68. The summed E-state index contributed by atoms with van der Waals surface area (Å²) < 4.78 is 0. The summed E-state index contributed by atoms with van der Waals surface area (Å²) in [5.41, 5.74) is 0.519. The summed E-state index contributed by atoms with van der Waals surface area (Å²) in [6.07, 6.45) is 0. The maximum atomic E-state index is 2.55. The topological polar surface area (TPSA) is 0 Å². The van der Waals surface area contributed by atoms with Crippen LogP contribution in [0.3, 0.4) is 0 Å². The molecule has 4 heavy (non-hydrogen) atoms. The zero-order valence-electron chi connectivity index (χ0n) is 2.49. The van der Waals surface area contributed by atoms with Gasteiger partial charge in [0.05, 0.1) is 0 Å². The average molecular weight is 267 g/mol. The van der Waals surface area contributed by atoms with Crippen LogP contribution in [0.1, 0.15) is 0 Å².